The van der Waals surface area contributed by atoms with Crippen molar-refractivity contribution in [3.63, 3.8) is 0 Å². The van der Waals surface area contributed by atoms with Crippen LogP contribution >= 0.6 is 0 Å². The molecular formula is C13H23N3O2. The maximum atomic E-state index is 5.98. The summed E-state index contributed by atoms with van der Waals surface area (Å²) in [4.78, 5) is 4.43. The van der Waals surface area contributed by atoms with E-state index in [-0.39, 0.29) is 5.60 Å². The zero-order valence-electron chi connectivity index (χ0n) is 11.5. The highest BCUT2D eigenvalue weighted by molar-refractivity contribution is 5.20. The number of nitrogens with zero attached hydrogens (tertiary/aromatic N) is 2. The maximum absolute atomic E-state index is 5.98. The van der Waals surface area contributed by atoms with E-state index in [2.05, 4.69) is 22.4 Å². The summed E-state index contributed by atoms with van der Waals surface area (Å²) in [7, 11) is 0. The van der Waals surface area contributed by atoms with Gasteiger partial charge in [-0.2, -0.15) is 4.98 Å². The van der Waals surface area contributed by atoms with Gasteiger partial charge < -0.3 is 14.6 Å². The quantitative estimate of drug-likeness (QED) is 0.874. The molecule has 1 fully saturated rings. The predicted octanol–water partition coefficient (Wildman–Crippen LogP) is 2.94. The lowest BCUT2D eigenvalue weighted by Gasteiger charge is -2.36. The van der Waals surface area contributed by atoms with E-state index in [1.807, 2.05) is 13.8 Å². The molecule has 1 saturated carbocycles. The summed E-state index contributed by atoms with van der Waals surface area (Å²) in [5.74, 6) is 1.46. The molecule has 102 valence electrons. The Kier molecular flexibility index (Phi) is 4.22. The highest BCUT2D eigenvalue weighted by Gasteiger charge is 2.40. The molecule has 0 spiro atoms. The summed E-state index contributed by atoms with van der Waals surface area (Å²) in [5, 5.41) is 7.14. The molecule has 1 aromatic heterocycles. The molecular weight excluding hydrogens is 230 g/mol. The molecule has 1 aliphatic carbocycles. The second-order valence-electron chi connectivity index (χ2n) is 5.06. The average Bonchev–Trinajstić information content (AvgIpc) is 2.82. The second kappa shape index (κ2) is 5.69. The van der Waals surface area contributed by atoms with Gasteiger partial charge in [0.25, 0.3) is 0 Å². The first-order valence-electron chi connectivity index (χ1n) is 6.92. The summed E-state index contributed by atoms with van der Waals surface area (Å²) in [6, 6.07) is 0.491. The number of hydrogen-bond donors (Lipinski definition) is 1. The van der Waals surface area contributed by atoms with Crippen LogP contribution in [0.2, 0.25) is 0 Å². The number of ether oxygens (including phenoxy) is 1. The van der Waals surface area contributed by atoms with Gasteiger partial charge in [0.1, 0.15) is 5.60 Å². The molecule has 0 aliphatic heterocycles. The molecule has 0 unspecified atom stereocenters. The van der Waals surface area contributed by atoms with Crippen LogP contribution in [0, 0.1) is 5.92 Å². The first-order chi connectivity index (χ1) is 8.70. The van der Waals surface area contributed by atoms with Crippen molar-refractivity contribution in [2.24, 2.45) is 5.92 Å². The number of anilines is 1. The molecule has 0 atom stereocenters. The highest BCUT2D eigenvalue weighted by Crippen LogP contribution is 2.41. The van der Waals surface area contributed by atoms with Gasteiger partial charge >= 0.3 is 6.01 Å². The van der Waals surface area contributed by atoms with Gasteiger partial charge in [0.2, 0.25) is 5.82 Å². The van der Waals surface area contributed by atoms with Crippen molar-refractivity contribution >= 4 is 6.01 Å². The summed E-state index contributed by atoms with van der Waals surface area (Å²) in [6.07, 6.45) is 4.27. The normalized spacial score (nSPS) is 28.3. The SMILES string of the molecule is CCNc1nc(C2(OCC)CCC(C)CC2)no1. The standard InChI is InChI=1S/C13H23N3O2/c1-4-14-12-15-11(16-18-12)13(17-5-2)8-6-10(3)7-9-13/h10H,4-9H2,1-3H3,(H,14,15,16). The third-order valence-corrected chi connectivity index (χ3v) is 3.66. The van der Waals surface area contributed by atoms with E-state index in [0.29, 0.717) is 18.4 Å². The number of rotatable bonds is 5. The van der Waals surface area contributed by atoms with Crippen LogP contribution in [0.4, 0.5) is 6.01 Å². The summed E-state index contributed by atoms with van der Waals surface area (Å²) in [6.45, 7) is 7.77. The van der Waals surface area contributed by atoms with Gasteiger partial charge in [-0.15, -0.1) is 0 Å². The lowest BCUT2D eigenvalue weighted by atomic mass is 9.79. The molecule has 0 radical (unpaired) electrons. The Morgan fingerprint density at radius 1 is 1.39 bits per heavy atom. The van der Waals surface area contributed by atoms with Crippen molar-refractivity contribution in [3.8, 4) is 0 Å². The van der Waals surface area contributed by atoms with Crippen LogP contribution in [-0.4, -0.2) is 23.3 Å². The van der Waals surface area contributed by atoms with Crippen molar-refractivity contribution in [3.05, 3.63) is 5.82 Å². The molecule has 5 nitrogen and oxygen atoms in total. The molecule has 1 aliphatic rings. The summed E-state index contributed by atoms with van der Waals surface area (Å²) >= 11 is 0. The van der Waals surface area contributed by atoms with Gasteiger partial charge in [-0.25, -0.2) is 0 Å². The molecule has 0 aromatic carbocycles. The van der Waals surface area contributed by atoms with Crippen molar-refractivity contribution in [2.75, 3.05) is 18.5 Å². The fourth-order valence-electron chi connectivity index (χ4n) is 2.57. The molecule has 18 heavy (non-hydrogen) atoms. The predicted molar refractivity (Wildman–Crippen MR) is 69.4 cm³/mol. The minimum Gasteiger partial charge on any atom is -0.367 e. The molecule has 1 aromatic rings. The number of hydrogen-bond acceptors (Lipinski definition) is 5. The third kappa shape index (κ3) is 2.66. The maximum Gasteiger partial charge on any atom is 0.321 e. The van der Waals surface area contributed by atoms with E-state index < -0.39 is 0 Å². The lowest BCUT2D eigenvalue weighted by Crippen LogP contribution is -2.35. The van der Waals surface area contributed by atoms with Crippen LogP contribution in [0.15, 0.2) is 4.52 Å². The first kappa shape index (κ1) is 13.3. The minimum absolute atomic E-state index is 0.335. The van der Waals surface area contributed by atoms with Crippen LogP contribution in [-0.2, 0) is 10.3 Å². The highest BCUT2D eigenvalue weighted by atomic mass is 16.5. The smallest absolute Gasteiger partial charge is 0.321 e. The van der Waals surface area contributed by atoms with E-state index >= 15 is 0 Å². The fourth-order valence-corrected chi connectivity index (χ4v) is 2.57. The van der Waals surface area contributed by atoms with E-state index in [1.54, 1.807) is 0 Å². The van der Waals surface area contributed by atoms with Gasteiger partial charge in [-0.05, 0) is 45.4 Å². The van der Waals surface area contributed by atoms with E-state index in [4.69, 9.17) is 9.26 Å². The fraction of sp³-hybridized carbons (Fsp3) is 0.846. The summed E-state index contributed by atoms with van der Waals surface area (Å²) in [5.41, 5.74) is -0.335. The zero-order valence-corrected chi connectivity index (χ0v) is 11.5. The lowest BCUT2D eigenvalue weighted by molar-refractivity contribution is -0.0847. The van der Waals surface area contributed by atoms with Gasteiger partial charge in [0, 0.05) is 13.2 Å². The van der Waals surface area contributed by atoms with Crippen LogP contribution in [0.5, 0.6) is 0 Å². The monoisotopic (exact) mass is 253 g/mol. The molecule has 1 heterocycles. The molecule has 5 heteroatoms. The molecule has 2 rings (SSSR count). The first-order valence-corrected chi connectivity index (χ1v) is 6.92. The second-order valence-corrected chi connectivity index (χ2v) is 5.06. The Balaban J connectivity index is 2.17. The van der Waals surface area contributed by atoms with Gasteiger partial charge in [0.15, 0.2) is 0 Å². The van der Waals surface area contributed by atoms with Crippen molar-refractivity contribution < 1.29 is 9.26 Å². The van der Waals surface area contributed by atoms with Crippen molar-refractivity contribution in [2.45, 2.75) is 52.1 Å². The molecule has 1 N–H and O–H groups in total. The van der Waals surface area contributed by atoms with Crippen LogP contribution in [0.3, 0.4) is 0 Å². The van der Waals surface area contributed by atoms with Crippen molar-refractivity contribution in [1.29, 1.82) is 0 Å². The largest absolute Gasteiger partial charge is 0.367 e. The molecule has 0 amide bonds. The van der Waals surface area contributed by atoms with E-state index in [1.165, 1.54) is 0 Å². The van der Waals surface area contributed by atoms with Gasteiger partial charge in [-0.3, -0.25) is 0 Å². The Labute approximate surface area is 108 Å². The Hall–Kier alpha value is -1.10. The summed E-state index contributed by atoms with van der Waals surface area (Å²) < 4.78 is 11.2. The molecule has 0 saturated heterocycles. The Morgan fingerprint density at radius 3 is 2.72 bits per heavy atom. The number of aromatic nitrogens is 2. The minimum atomic E-state index is -0.335. The Bertz CT molecular complexity index is 370. The molecule has 0 bridgehead atoms. The van der Waals surface area contributed by atoms with Gasteiger partial charge in [0.05, 0.1) is 0 Å². The van der Waals surface area contributed by atoms with Crippen LogP contribution in [0.1, 0.15) is 52.3 Å². The Morgan fingerprint density at radius 2 is 2.11 bits per heavy atom. The van der Waals surface area contributed by atoms with Gasteiger partial charge in [-0.1, -0.05) is 12.1 Å². The van der Waals surface area contributed by atoms with Crippen LogP contribution < -0.4 is 5.32 Å². The van der Waals surface area contributed by atoms with Crippen LogP contribution in [0.25, 0.3) is 0 Å². The topological polar surface area (TPSA) is 60.2 Å². The average molecular weight is 253 g/mol. The van der Waals surface area contributed by atoms with Crippen molar-refractivity contribution in [1.82, 2.24) is 10.1 Å². The zero-order chi connectivity index (χ0) is 13.0. The third-order valence-electron chi connectivity index (χ3n) is 3.66. The van der Waals surface area contributed by atoms with E-state index in [9.17, 15) is 0 Å². The number of nitrogens with one attached hydrogen (secondary N) is 1. The van der Waals surface area contributed by atoms with E-state index in [0.717, 1.165) is 38.1 Å².